The van der Waals surface area contributed by atoms with Gasteiger partial charge in [-0.25, -0.2) is 18.6 Å². The summed E-state index contributed by atoms with van der Waals surface area (Å²) in [5.74, 6) is -5.42. The zero-order valence-corrected chi connectivity index (χ0v) is 10.3. The quantitative estimate of drug-likeness (QED) is 0.804. The molecule has 21 heavy (non-hydrogen) atoms. The first-order valence-electron chi connectivity index (χ1n) is 5.58. The maximum absolute atomic E-state index is 13.5. The van der Waals surface area contributed by atoms with Crippen molar-refractivity contribution in [2.75, 3.05) is 5.32 Å². The van der Waals surface area contributed by atoms with E-state index in [2.05, 4.69) is 4.98 Å². The minimum atomic E-state index is -1.61. The Morgan fingerprint density at radius 1 is 1.19 bits per heavy atom. The van der Waals surface area contributed by atoms with Crippen LogP contribution in [0.5, 0.6) is 5.75 Å². The van der Waals surface area contributed by atoms with Crippen molar-refractivity contribution in [3.8, 4) is 5.75 Å². The van der Waals surface area contributed by atoms with E-state index in [-0.39, 0.29) is 5.69 Å². The Morgan fingerprint density at radius 2 is 1.90 bits per heavy atom. The number of carbonyl (C=O) groups excluding carboxylic acids is 1. The number of rotatable bonds is 3. The highest BCUT2D eigenvalue weighted by molar-refractivity contribution is 6.05. The zero-order chi connectivity index (χ0) is 15.6. The molecule has 0 radical (unpaired) electrons. The lowest BCUT2D eigenvalue weighted by atomic mass is 10.1. The first-order valence-corrected chi connectivity index (χ1v) is 5.58. The van der Waals surface area contributed by atoms with Gasteiger partial charge in [-0.15, -0.1) is 0 Å². The summed E-state index contributed by atoms with van der Waals surface area (Å²) in [7, 11) is 0. The molecule has 1 aromatic carbocycles. The van der Waals surface area contributed by atoms with Gasteiger partial charge in [0.1, 0.15) is 17.4 Å². The normalized spacial score (nSPS) is 10.2. The number of aromatic nitrogens is 1. The number of anilines is 1. The second kappa shape index (κ2) is 5.53. The van der Waals surface area contributed by atoms with E-state index in [1.54, 1.807) is 0 Å². The third-order valence-electron chi connectivity index (χ3n) is 2.54. The summed E-state index contributed by atoms with van der Waals surface area (Å²) in [6.07, 6.45) is 1.23. The molecule has 0 bridgehead atoms. The lowest BCUT2D eigenvalue weighted by molar-refractivity contribution is 0.0691. The number of hydrogen-bond acceptors (Lipinski definition) is 4. The third kappa shape index (κ3) is 2.94. The van der Waals surface area contributed by atoms with E-state index in [1.165, 1.54) is 18.3 Å². The molecule has 3 N–H and O–H groups in total. The number of benzene rings is 1. The number of aromatic hydroxyl groups is 1. The minimum absolute atomic E-state index is 0.345. The van der Waals surface area contributed by atoms with E-state index in [1.807, 2.05) is 5.32 Å². The molecule has 108 valence electrons. The Balaban J connectivity index is 2.36. The van der Waals surface area contributed by atoms with Crippen LogP contribution in [-0.4, -0.2) is 27.1 Å². The molecule has 0 saturated carbocycles. The van der Waals surface area contributed by atoms with E-state index < -0.39 is 40.5 Å². The lowest BCUT2D eigenvalue weighted by Crippen LogP contribution is -2.16. The SMILES string of the molecule is O=C(O)c1cc(NC(=O)c2ncccc2O)c(F)cc1F. The van der Waals surface area contributed by atoms with Crippen LogP contribution >= 0.6 is 0 Å². The Hall–Kier alpha value is -3.03. The summed E-state index contributed by atoms with van der Waals surface area (Å²) in [6.45, 7) is 0. The van der Waals surface area contributed by atoms with Crippen LogP contribution in [0.3, 0.4) is 0 Å². The van der Waals surface area contributed by atoms with Crippen molar-refractivity contribution in [2.24, 2.45) is 0 Å². The molecule has 0 fully saturated rings. The molecule has 6 nitrogen and oxygen atoms in total. The van der Waals surface area contributed by atoms with E-state index in [0.29, 0.717) is 12.1 Å². The molecule has 0 unspecified atom stereocenters. The largest absolute Gasteiger partial charge is 0.505 e. The van der Waals surface area contributed by atoms with Crippen LogP contribution in [0.4, 0.5) is 14.5 Å². The van der Waals surface area contributed by atoms with Gasteiger partial charge >= 0.3 is 5.97 Å². The predicted octanol–water partition coefficient (Wildman–Crippen LogP) is 2.02. The zero-order valence-electron chi connectivity index (χ0n) is 10.3. The van der Waals surface area contributed by atoms with Crippen LogP contribution in [0.1, 0.15) is 20.8 Å². The maximum atomic E-state index is 13.5. The molecule has 0 aliphatic heterocycles. The second-order valence-electron chi connectivity index (χ2n) is 3.94. The molecule has 1 aromatic heterocycles. The number of aromatic carboxylic acids is 1. The molecular formula is C13H8F2N2O4. The highest BCUT2D eigenvalue weighted by Crippen LogP contribution is 2.21. The van der Waals surface area contributed by atoms with Gasteiger partial charge in [0.2, 0.25) is 0 Å². The first-order chi connectivity index (χ1) is 9.90. The van der Waals surface area contributed by atoms with Crippen LogP contribution < -0.4 is 5.32 Å². The number of carbonyl (C=O) groups is 2. The monoisotopic (exact) mass is 294 g/mol. The standard InChI is InChI=1S/C13H8F2N2O4/c14-7-5-8(15)9(4-6(7)13(20)21)17-12(19)11-10(18)2-1-3-16-11/h1-5,18H,(H,17,19)(H,20,21). The Kier molecular flexibility index (Phi) is 3.79. The van der Waals surface area contributed by atoms with Crippen LogP contribution in [0.2, 0.25) is 0 Å². The number of nitrogens with one attached hydrogen (secondary N) is 1. The summed E-state index contributed by atoms with van der Waals surface area (Å²) in [6, 6.07) is 3.57. The van der Waals surface area contributed by atoms with Crippen LogP contribution in [0, 0.1) is 11.6 Å². The minimum Gasteiger partial charge on any atom is -0.505 e. The molecular weight excluding hydrogens is 286 g/mol. The fraction of sp³-hybridized carbons (Fsp3) is 0. The number of pyridine rings is 1. The van der Waals surface area contributed by atoms with Crippen LogP contribution in [-0.2, 0) is 0 Å². The summed E-state index contributed by atoms with van der Waals surface area (Å²) >= 11 is 0. The summed E-state index contributed by atoms with van der Waals surface area (Å²) in [5.41, 5.74) is -1.71. The van der Waals surface area contributed by atoms with Crippen molar-refractivity contribution in [1.29, 1.82) is 0 Å². The predicted molar refractivity (Wildman–Crippen MR) is 67.2 cm³/mol. The van der Waals surface area contributed by atoms with E-state index >= 15 is 0 Å². The molecule has 0 atom stereocenters. The number of halogens is 2. The van der Waals surface area contributed by atoms with E-state index in [0.717, 1.165) is 0 Å². The molecule has 0 aliphatic rings. The molecule has 2 rings (SSSR count). The molecule has 8 heteroatoms. The lowest BCUT2D eigenvalue weighted by Gasteiger charge is -2.08. The molecule has 1 amide bonds. The highest BCUT2D eigenvalue weighted by atomic mass is 19.1. The topological polar surface area (TPSA) is 99.5 Å². The van der Waals surface area contributed by atoms with Gasteiger partial charge in [0.15, 0.2) is 5.69 Å². The third-order valence-corrected chi connectivity index (χ3v) is 2.54. The molecule has 0 saturated heterocycles. The fourth-order valence-corrected chi connectivity index (χ4v) is 1.56. The van der Waals surface area contributed by atoms with Crippen molar-refractivity contribution >= 4 is 17.6 Å². The van der Waals surface area contributed by atoms with Gasteiger partial charge in [-0.1, -0.05) is 0 Å². The van der Waals surface area contributed by atoms with Crippen LogP contribution in [0.25, 0.3) is 0 Å². The smallest absolute Gasteiger partial charge is 0.338 e. The highest BCUT2D eigenvalue weighted by Gasteiger charge is 2.19. The van der Waals surface area contributed by atoms with Crippen molar-refractivity contribution in [1.82, 2.24) is 4.98 Å². The average molecular weight is 294 g/mol. The Labute approximate surface area is 116 Å². The molecule has 0 aliphatic carbocycles. The first kappa shape index (κ1) is 14.4. The number of nitrogens with zero attached hydrogens (tertiary/aromatic N) is 1. The van der Waals surface area contributed by atoms with Gasteiger partial charge in [-0.2, -0.15) is 0 Å². The van der Waals surface area contributed by atoms with E-state index in [9.17, 15) is 23.5 Å². The molecule has 0 spiro atoms. The summed E-state index contributed by atoms with van der Waals surface area (Å²) in [5, 5.41) is 20.2. The Bertz CT molecular complexity index is 734. The van der Waals surface area contributed by atoms with Crippen molar-refractivity contribution < 1.29 is 28.6 Å². The number of carboxylic acids is 1. The number of carboxylic acid groups (broad SMARTS) is 1. The van der Waals surface area contributed by atoms with Gasteiger partial charge < -0.3 is 15.5 Å². The molecule has 2 aromatic rings. The van der Waals surface area contributed by atoms with E-state index in [4.69, 9.17) is 5.11 Å². The molecule has 1 heterocycles. The number of amides is 1. The van der Waals surface area contributed by atoms with Gasteiger partial charge in [0.05, 0.1) is 11.3 Å². The van der Waals surface area contributed by atoms with Crippen molar-refractivity contribution in [2.45, 2.75) is 0 Å². The van der Waals surface area contributed by atoms with Crippen LogP contribution in [0.15, 0.2) is 30.5 Å². The average Bonchev–Trinajstić information content (AvgIpc) is 2.41. The van der Waals surface area contributed by atoms with Crippen molar-refractivity contribution in [3.63, 3.8) is 0 Å². The summed E-state index contributed by atoms with van der Waals surface area (Å²) < 4.78 is 26.8. The fourth-order valence-electron chi connectivity index (χ4n) is 1.56. The van der Waals surface area contributed by atoms with Crippen molar-refractivity contribution in [3.05, 3.63) is 53.4 Å². The van der Waals surface area contributed by atoms with Gasteiger partial charge in [0.25, 0.3) is 5.91 Å². The second-order valence-corrected chi connectivity index (χ2v) is 3.94. The van der Waals surface area contributed by atoms with Gasteiger partial charge in [0, 0.05) is 12.3 Å². The maximum Gasteiger partial charge on any atom is 0.338 e. The number of hydrogen-bond donors (Lipinski definition) is 3. The van der Waals surface area contributed by atoms with Gasteiger partial charge in [-0.05, 0) is 18.2 Å². The summed E-state index contributed by atoms with van der Waals surface area (Å²) in [4.78, 5) is 26.2. The Morgan fingerprint density at radius 3 is 2.52 bits per heavy atom. The van der Waals surface area contributed by atoms with Gasteiger partial charge in [-0.3, -0.25) is 4.79 Å².